The molecule has 136 valence electrons. The largest absolute Gasteiger partial charge is 0.482 e. The average molecular weight is 345 g/mol. The molecule has 0 atom stereocenters. The van der Waals surface area contributed by atoms with Gasteiger partial charge in [0.15, 0.2) is 5.75 Å². The molecule has 0 saturated carbocycles. The van der Waals surface area contributed by atoms with Gasteiger partial charge in [0.25, 0.3) is 5.88 Å². The molecule has 2 heterocycles. The van der Waals surface area contributed by atoms with Crippen LogP contribution in [0, 0.1) is 19.3 Å². The second-order valence-electron chi connectivity index (χ2n) is 5.06. The van der Waals surface area contributed by atoms with Gasteiger partial charge in [0.2, 0.25) is 0 Å². The van der Waals surface area contributed by atoms with Gasteiger partial charge in [-0.3, -0.25) is 0 Å². The van der Waals surface area contributed by atoms with E-state index in [1.54, 1.807) is 12.3 Å². The smallest absolute Gasteiger partial charge is 0.256 e. The van der Waals surface area contributed by atoms with E-state index in [0.717, 1.165) is 29.0 Å². The lowest BCUT2D eigenvalue weighted by molar-refractivity contribution is 0.325. The third kappa shape index (κ3) is 5.45. The maximum absolute atomic E-state index is 7.83. The van der Waals surface area contributed by atoms with E-state index in [9.17, 15) is 0 Å². The molecule has 0 bridgehead atoms. The predicted octanol–water partition coefficient (Wildman–Crippen LogP) is 4.75. The monoisotopic (exact) mass is 345 g/mol. The molecule has 0 spiro atoms. The molecular weight excluding hydrogens is 318 g/mol. The molecule has 2 aromatic heterocycles. The molecule has 0 unspecified atom stereocenters. The normalized spacial score (nSPS) is 10.3. The van der Waals surface area contributed by atoms with Crippen LogP contribution >= 0.6 is 0 Å². The number of aryl methyl sites for hydroxylation is 2. The Morgan fingerprint density at radius 3 is 2.60 bits per heavy atom. The van der Waals surface area contributed by atoms with Crippen LogP contribution in [0.3, 0.4) is 0 Å². The van der Waals surface area contributed by atoms with E-state index in [4.69, 9.17) is 19.4 Å². The molecule has 1 N–H and O–H groups in total. The Bertz CT molecular complexity index is 701. The fourth-order valence-corrected chi connectivity index (χ4v) is 2.18. The number of hydrogen-bond acceptors (Lipinski definition) is 6. The number of hydrogen-bond donors (Lipinski definition) is 1. The van der Waals surface area contributed by atoms with Crippen molar-refractivity contribution in [3.05, 3.63) is 35.9 Å². The van der Waals surface area contributed by atoms with E-state index in [1.807, 2.05) is 46.8 Å². The van der Waals surface area contributed by atoms with E-state index in [2.05, 4.69) is 10.1 Å². The van der Waals surface area contributed by atoms with Crippen LogP contribution < -0.4 is 9.47 Å². The predicted molar refractivity (Wildman–Crippen MR) is 99.8 cm³/mol. The van der Waals surface area contributed by atoms with Gasteiger partial charge in [0.05, 0.1) is 18.5 Å². The summed E-state index contributed by atoms with van der Waals surface area (Å²) in [6, 6.07) is 1.83. The molecule has 0 radical (unpaired) electrons. The third-order valence-electron chi connectivity index (χ3n) is 3.27. The van der Waals surface area contributed by atoms with E-state index in [1.165, 1.54) is 7.11 Å². The molecule has 0 aliphatic heterocycles. The average Bonchev–Trinajstić information content (AvgIpc) is 2.98. The van der Waals surface area contributed by atoms with Crippen molar-refractivity contribution in [3.8, 4) is 22.8 Å². The van der Waals surface area contributed by atoms with Gasteiger partial charge in [-0.1, -0.05) is 32.0 Å². The zero-order chi connectivity index (χ0) is 18.8. The SMILES string of the molecule is CC.CC/C=C\C(=N)COc1cc(-c2c(C)noc2C)cnc1OC. The van der Waals surface area contributed by atoms with E-state index >= 15 is 0 Å². The maximum atomic E-state index is 7.83. The number of nitrogens with zero attached hydrogens (tertiary/aromatic N) is 2. The van der Waals surface area contributed by atoms with Crippen molar-refractivity contribution < 1.29 is 14.0 Å². The van der Waals surface area contributed by atoms with Gasteiger partial charge in [0, 0.05) is 17.3 Å². The molecule has 6 heteroatoms. The summed E-state index contributed by atoms with van der Waals surface area (Å²) >= 11 is 0. The van der Waals surface area contributed by atoms with Crippen LogP contribution in [0.5, 0.6) is 11.6 Å². The van der Waals surface area contributed by atoms with Crippen LogP contribution in [-0.4, -0.2) is 29.6 Å². The van der Waals surface area contributed by atoms with Gasteiger partial charge in [-0.25, -0.2) is 4.98 Å². The number of rotatable bonds is 7. The van der Waals surface area contributed by atoms with E-state index < -0.39 is 0 Å². The van der Waals surface area contributed by atoms with Crippen molar-refractivity contribution in [3.63, 3.8) is 0 Å². The maximum Gasteiger partial charge on any atom is 0.256 e. The Balaban J connectivity index is 0.00000151. The number of allylic oxidation sites excluding steroid dienone is 1. The molecule has 0 aliphatic rings. The Morgan fingerprint density at radius 2 is 2.04 bits per heavy atom. The quantitative estimate of drug-likeness (QED) is 0.732. The molecule has 6 nitrogen and oxygen atoms in total. The summed E-state index contributed by atoms with van der Waals surface area (Å²) in [5.41, 5.74) is 2.91. The first-order valence-electron chi connectivity index (χ1n) is 8.40. The standard InChI is InChI=1S/C17H21N3O3.C2H6/c1-5-6-7-14(18)10-22-15-8-13(9-19-17(15)21-4)16-11(2)20-23-12(16)3;1-2/h6-9,18H,5,10H2,1-4H3;1-2H3/b7-6-,18-14?;. The van der Waals surface area contributed by atoms with E-state index in [0.29, 0.717) is 17.3 Å². The summed E-state index contributed by atoms with van der Waals surface area (Å²) in [5.74, 6) is 1.59. The molecule has 2 aromatic rings. The molecule has 2 rings (SSSR count). The van der Waals surface area contributed by atoms with Gasteiger partial charge in [-0.05, 0) is 32.4 Å². The summed E-state index contributed by atoms with van der Waals surface area (Å²) in [7, 11) is 1.53. The van der Waals surface area contributed by atoms with Crippen LogP contribution in [0.1, 0.15) is 38.6 Å². The van der Waals surface area contributed by atoms with Crippen molar-refractivity contribution in [2.45, 2.75) is 41.0 Å². The van der Waals surface area contributed by atoms with Crippen molar-refractivity contribution >= 4 is 5.71 Å². The van der Waals surface area contributed by atoms with Crippen LogP contribution in [0.2, 0.25) is 0 Å². The van der Waals surface area contributed by atoms with Crippen LogP contribution in [0.4, 0.5) is 0 Å². The summed E-state index contributed by atoms with van der Waals surface area (Å²) < 4.78 is 16.1. The van der Waals surface area contributed by atoms with Crippen molar-refractivity contribution in [2.24, 2.45) is 0 Å². The molecule has 0 amide bonds. The highest BCUT2D eigenvalue weighted by molar-refractivity contribution is 5.93. The summed E-state index contributed by atoms with van der Waals surface area (Å²) in [4.78, 5) is 4.27. The summed E-state index contributed by atoms with van der Waals surface area (Å²) in [6.45, 7) is 9.90. The lowest BCUT2D eigenvalue weighted by Gasteiger charge is -2.11. The fraction of sp³-hybridized carbons (Fsp3) is 0.421. The van der Waals surface area contributed by atoms with Gasteiger partial charge in [-0.15, -0.1) is 0 Å². The van der Waals surface area contributed by atoms with Crippen LogP contribution in [-0.2, 0) is 0 Å². The fourth-order valence-electron chi connectivity index (χ4n) is 2.18. The van der Waals surface area contributed by atoms with Crippen LogP contribution in [0.25, 0.3) is 11.1 Å². The Labute approximate surface area is 149 Å². The lowest BCUT2D eigenvalue weighted by atomic mass is 10.1. The first-order chi connectivity index (χ1) is 12.1. The van der Waals surface area contributed by atoms with Gasteiger partial charge >= 0.3 is 0 Å². The summed E-state index contributed by atoms with van der Waals surface area (Å²) in [6.07, 6.45) is 6.23. The third-order valence-corrected chi connectivity index (χ3v) is 3.27. The molecule has 0 saturated heterocycles. The van der Waals surface area contributed by atoms with Crippen molar-refractivity contribution in [1.29, 1.82) is 5.41 Å². The molecule has 25 heavy (non-hydrogen) atoms. The topological polar surface area (TPSA) is 81.2 Å². The second kappa shape index (κ2) is 10.3. The minimum absolute atomic E-state index is 0.152. The number of ether oxygens (including phenoxy) is 2. The molecule has 0 aliphatic carbocycles. The zero-order valence-electron chi connectivity index (χ0n) is 15.8. The highest BCUT2D eigenvalue weighted by Crippen LogP contribution is 2.33. The van der Waals surface area contributed by atoms with Gasteiger partial charge < -0.3 is 19.4 Å². The highest BCUT2D eigenvalue weighted by Gasteiger charge is 2.15. The minimum Gasteiger partial charge on any atom is -0.482 e. The number of pyridine rings is 1. The van der Waals surface area contributed by atoms with Gasteiger partial charge in [-0.2, -0.15) is 0 Å². The first kappa shape index (κ1) is 20.4. The Morgan fingerprint density at radius 1 is 1.32 bits per heavy atom. The Hall–Kier alpha value is -2.63. The second-order valence-corrected chi connectivity index (χ2v) is 5.06. The molecule has 0 fully saturated rings. The highest BCUT2D eigenvalue weighted by atomic mass is 16.5. The van der Waals surface area contributed by atoms with Crippen molar-refractivity contribution in [1.82, 2.24) is 10.1 Å². The van der Waals surface area contributed by atoms with Gasteiger partial charge in [0.1, 0.15) is 12.4 Å². The van der Waals surface area contributed by atoms with Crippen molar-refractivity contribution in [2.75, 3.05) is 13.7 Å². The number of aromatic nitrogens is 2. The molecule has 0 aromatic carbocycles. The number of methoxy groups -OCH3 is 1. The first-order valence-corrected chi connectivity index (χ1v) is 8.40. The lowest BCUT2D eigenvalue weighted by Crippen LogP contribution is -2.08. The summed E-state index contributed by atoms with van der Waals surface area (Å²) in [5, 5.41) is 11.8. The Kier molecular flexibility index (Phi) is 8.39. The zero-order valence-corrected chi connectivity index (χ0v) is 15.8. The van der Waals surface area contributed by atoms with E-state index in [-0.39, 0.29) is 6.61 Å². The molecular formula is C19H27N3O3. The van der Waals surface area contributed by atoms with Crippen LogP contribution in [0.15, 0.2) is 28.9 Å². The number of nitrogens with one attached hydrogen (secondary N) is 1. The minimum atomic E-state index is 0.152.